The Morgan fingerprint density at radius 2 is 1.52 bits per heavy atom. The molecule has 5 aromatic rings. The summed E-state index contributed by atoms with van der Waals surface area (Å²) in [6.07, 6.45) is 30.4. The first-order valence-electron chi connectivity index (χ1n) is 22.5. The summed E-state index contributed by atoms with van der Waals surface area (Å²) in [6.45, 7) is 22.3. The standard InChI is InChI=1S/C61H63N/c1-9-10-13-20-43(2)46(5)39-58(50-21-14-11-15-22-50)56-41-52(28-26-44(56)3)48-30-34-54(35-31-48)61(7,8)55-36-32-49(33-37-55)53-29-27-45(4)57(42-53)59(51-23-16-12-17-24-51)40-47(6)60-25-18-19-38-62-60/h9-21,23-29,32-34,36-42,47-48,50H,2,5,22,30-31,35H2,1,3-4,6-8H3/b10-9-,20-13-,58-39-,59-40-. The minimum absolute atomic E-state index is 0.0634. The third-order valence-corrected chi connectivity index (χ3v) is 13.1. The van der Waals surface area contributed by atoms with E-state index in [0.29, 0.717) is 11.8 Å². The van der Waals surface area contributed by atoms with E-state index in [9.17, 15) is 0 Å². The molecule has 1 heterocycles. The molecular weight excluding hydrogens is 747 g/mol. The summed E-state index contributed by atoms with van der Waals surface area (Å²) in [5.74, 6) is 0.949. The van der Waals surface area contributed by atoms with Gasteiger partial charge in [-0.1, -0.05) is 197 Å². The number of pyridine rings is 1. The Bertz CT molecular complexity index is 2600. The lowest BCUT2D eigenvalue weighted by Gasteiger charge is -2.34. The molecule has 0 amide bonds. The number of allylic oxidation sites excluding steroid dienone is 15. The van der Waals surface area contributed by atoms with Crippen LogP contribution in [0.5, 0.6) is 0 Å². The van der Waals surface area contributed by atoms with Crippen molar-refractivity contribution in [2.45, 2.75) is 84.5 Å². The minimum atomic E-state index is -0.0634. The molecule has 0 spiro atoms. The van der Waals surface area contributed by atoms with Crippen LogP contribution in [0.15, 0.2) is 212 Å². The predicted molar refractivity (Wildman–Crippen MR) is 268 cm³/mol. The van der Waals surface area contributed by atoms with Gasteiger partial charge in [-0.2, -0.15) is 0 Å². The van der Waals surface area contributed by atoms with Crippen LogP contribution in [0.2, 0.25) is 0 Å². The zero-order valence-electron chi connectivity index (χ0n) is 37.7. The van der Waals surface area contributed by atoms with Crippen LogP contribution in [0.3, 0.4) is 0 Å². The highest BCUT2D eigenvalue weighted by Crippen LogP contribution is 2.43. The summed E-state index contributed by atoms with van der Waals surface area (Å²) in [4.78, 5) is 4.67. The number of hydrogen-bond donors (Lipinski definition) is 0. The molecule has 0 aliphatic heterocycles. The zero-order chi connectivity index (χ0) is 43.6. The van der Waals surface area contributed by atoms with Crippen LogP contribution in [-0.4, -0.2) is 4.98 Å². The van der Waals surface area contributed by atoms with Gasteiger partial charge in [-0.05, 0) is 143 Å². The molecule has 1 nitrogen and oxygen atoms in total. The van der Waals surface area contributed by atoms with Crippen LogP contribution in [0.4, 0.5) is 0 Å². The highest BCUT2D eigenvalue weighted by atomic mass is 14.7. The summed E-state index contributed by atoms with van der Waals surface area (Å²) in [7, 11) is 0. The zero-order valence-corrected chi connectivity index (χ0v) is 37.7. The minimum Gasteiger partial charge on any atom is -0.261 e. The molecule has 3 unspecified atom stereocenters. The molecule has 2 aliphatic carbocycles. The Morgan fingerprint density at radius 1 is 0.774 bits per heavy atom. The van der Waals surface area contributed by atoms with Crippen molar-refractivity contribution in [3.8, 4) is 11.1 Å². The summed E-state index contributed by atoms with van der Waals surface area (Å²) < 4.78 is 0. The lowest BCUT2D eigenvalue weighted by atomic mass is 9.71. The lowest BCUT2D eigenvalue weighted by Crippen LogP contribution is -2.23. The van der Waals surface area contributed by atoms with Gasteiger partial charge in [-0.25, -0.2) is 0 Å². The predicted octanol–water partition coefficient (Wildman–Crippen LogP) is 16.5. The largest absolute Gasteiger partial charge is 0.261 e. The van der Waals surface area contributed by atoms with E-state index in [-0.39, 0.29) is 11.3 Å². The van der Waals surface area contributed by atoms with Crippen molar-refractivity contribution < 1.29 is 0 Å². The number of hydrogen-bond acceptors (Lipinski definition) is 1. The van der Waals surface area contributed by atoms with Gasteiger partial charge in [0.25, 0.3) is 0 Å². The van der Waals surface area contributed by atoms with E-state index in [4.69, 9.17) is 0 Å². The Balaban J connectivity index is 1.11. The quantitative estimate of drug-likeness (QED) is 0.0804. The first kappa shape index (κ1) is 43.8. The maximum atomic E-state index is 4.67. The van der Waals surface area contributed by atoms with Crippen LogP contribution in [0, 0.1) is 19.8 Å². The molecule has 1 heteroatoms. The molecule has 0 N–H and O–H groups in total. The Hall–Kier alpha value is -6.31. The summed E-state index contributed by atoms with van der Waals surface area (Å²) in [5.41, 5.74) is 18.6. The molecule has 0 bridgehead atoms. The van der Waals surface area contributed by atoms with Crippen molar-refractivity contribution >= 4 is 11.1 Å². The summed E-state index contributed by atoms with van der Waals surface area (Å²) in [5, 5.41) is 0. The molecule has 312 valence electrons. The van der Waals surface area contributed by atoms with Gasteiger partial charge < -0.3 is 0 Å². The van der Waals surface area contributed by atoms with Crippen molar-refractivity contribution in [3.63, 3.8) is 0 Å². The first-order chi connectivity index (χ1) is 30.0. The van der Waals surface area contributed by atoms with E-state index in [0.717, 1.165) is 42.5 Å². The van der Waals surface area contributed by atoms with Crippen molar-refractivity contribution in [2.24, 2.45) is 5.92 Å². The Kier molecular flexibility index (Phi) is 14.1. The smallest absolute Gasteiger partial charge is 0.0469 e. The van der Waals surface area contributed by atoms with Crippen molar-refractivity contribution in [1.29, 1.82) is 0 Å². The van der Waals surface area contributed by atoms with Crippen molar-refractivity contribution in [3.05, 3.63) is 257 Å². The van der Waals surface area contributed by atoms with Gasteiger partial charge >= 0.3 is 0 Å². The van der Waals surface area contributed by atoms with E-state index in [1.54, 1.807) is 0 Å². The fourth-order valence-electron chi connectivity index (χ4n) is 9.07. The van der Waals surface area contributed by atoms with Crippen LogP contribution in [0.25, 0.3) is 22.3 Å². The van der Waals surface area contributed by atoms with Gasteiger partial charge in [-0.3, -0.25) is 4.98 Å². The van der Waals surface area contributed by atoms with E-state index >= 15 is 0 Å². The number of benzene rings is 4. The van der Waals surface area contributed by atoms with E-state index in [2.05, 4.69) is 198 Å². The maximum absolute atomic E-state index is 4.67. The molecule has 2 aliphatic rings. The molecule has 62 heavy (non-hydrogen) atoms. The fourth-order valence-corrected chi connectivity index (χ4v) is 9.07. The lowest BCUT2D eigenvalue weighted by molar-refractivity contribution is 0.515. The van der Waals surface area contributed by atoms with Gasteiger partial charge in [0.2, 0.25) is 0 Å². The molecule has 0 radical (unpaired) electrons. The Morgan fingerprint density at radius 3 is 2.21 bits per heavy atom. The van der Waals surface area contributed by atoms with E-state index in [1.807, 2.05) is 43.5 Å². The molecule has 0 saturated carbocycles. The molecular formula is C61H63N. The molecule has 0 fully saturated rings. The number of aromatic nitrogens is 1. The maximum Gasteiger partial charge on any atom is 0.0469 e. The molecule has 4 aromatic carbocycles. The van der Waals surface area contributed by atoms with E-state index < -0.39 is 0 Å². The number of nitrogens with zero attached hydrogens (tertiary/aromatic N) is 1. The average molecular weight is 810 g/mol. The Labute approximate surface area is 372 Å². The highest BCUT2D eigenvalue weighted by Gasteiger charge is 2.29. The fraction of sp³-hybridized carbons (Fsp3) is 0.230. The highest BCUT2D eigenvalue weighted by molar-refractivity contribution is 5.84. The van der Waals surface area contributed by atoms with Gasteiger partial charge in [0.1, 0.15) is 0 Å². The first-order valence-corrected chi connectivity index (χ1v) is 22.5. The second kappa shape index (κ2) is 20.0. The molecule has 0 saturated heterocycles. The second-order valence-corrected chi connectivity index (χ2v) is 17.7. The van der Waals surface area contributed by atoms with E-state index in [1.165, 1.54) is 66.8 Å². The third-order valence-electron chi connectivity index (χ3n) is 13.1. The molecule has 3 atom stereocenters. The summed E-state index contributed by atoms with van der Waals surface area (Å²) >= 11 is 0. The van der Waals surface area contributed by atoms with Gasteiger partial charge in [0.05, 0.1) is 0 Å². The van der Waals surface area contributed by atoms with Crippen LogP contribution >= 0.6 is 0 Å². The number of aryl methyl sites for hydroxylation is 2. The SMILES string of the molecule is C=C(/C=C\C=C/C)C(=C)/C=C(\c1cc(C2CC=C(C(C)(C)c3ccc(-c4ccc(C)c(/C(=C\C(C)c5ccccn5)c5ccccc5)c4)cc3)CC2)ccc1C)C1C=CC=CC1. The van der Waals surface area contributed by atoms with Gasteiger partial charge in [0, 0.05) is 29.1 Å². The normalized spacial score (nSPS) is 17.7. The summed E-state index contributed by atoms with van der Waals surface area (Å²) in [6, 6.07) is 40.3. The van der Waals surface area contributed by atoms with Crippen LogP contribution in [-0.2, 0) is 5.41 Å². The second-order valence-electron chi connectivity index (χ2n) is 17.7. The monoisotopic (exact) mass is 809 g/mol. The van der Waals surface area contributed by atoms with Crippen LogP contribution < -0.4 is 0 Å². The van der Waals surface area contributed by atoms with Crippen molar-refractivity contribution in [2.75, 3.05) is 0 Å². The topological polar surface area (TPSA) is 12.9 Å². The number of rotatable bonds is 14. The molecule has 7 rings (SSSR count). The van der Waals surface area contributed by atoms with Gasteiger partial charge in [-0.15, -0.1) is 0 Å². The van der Waals surface area contributed by atoms with Crippen LogP contribution in [0.1, 0.15) is 110 Å². The van der Waals surface area contributed by atoms with Crippen molar-refractivity contribution in [1.82, 2.24) is 4.98 Å². The molecule has 1 aromatic heterocycles. The third kappa shape index (κ3) is 10.2. The van der Waals surface area contributed by atoms with Gasteiger partial charge in [0.15, 0.2) is 0 Å². The average Bonchev–Trinajstić information content (AvgIpc) is 3.31.